The topological polar surface area (TPSA) is 45.9 Å². The average Bonchev–Trinajstić information content (AvgIpc) is 2.86. The lowest BCUT2D eigenvalue weighted by molar-refractivity contribution is 0.415. The molecule has 92 valence electrons. The third-order valence-corrected chi connectivity index (χ3v) is 3.62. The van der Waals surface area contributed by atoms with Crippen molar-refractivity contribution in [2.24, 2.45) is 0 Å². The first-order chi connectivity index (χ1) is 8.65. The van der Waals surface area contributed by atoms with Gasteiger partial charge in [-0.05, 0) is 23.6 Å². The van der Waals surface area contributed by atoms with Crippen LogP contribution in [-0.4, -0.2) is 12.1 Å². The van der Waals surface area contributed by atoms with E-state index in [2.05, 4.69) is 24.9 Å². The van der Waals surface area contributed by atoms with Crippen LogP contribution in [0.5, 0.6) is 5.75 Å². The smallest absolute Gasteiger partial charge is 0.152 e. The van der Waals surface area contributed by atoms with Gasteiger partial charge in [0.2, 0.25) is 0 Å². The van der Waals surface area contributed by atoms with Crippen molar-refractivity contribution in [2.75, 3.05) is 7.11 Å². The van der Waals surface area contributed by atoms with E-state index in [0.717, 1.165) is 16.3 Å². The lowest BCUT2D eigenvalue weighted by Crippen LogP contribution is -1.92. The van der Waals surface area contributed by atoms with Gasteiger partial charge in [-0.15, -0.1) is 11.3 Å². The summed E-state index contributed by atoms with van der Waals surface area (Å²) >= 11 is 1.46. The molecule has 1 heterocycles. The van der Waals surface area contributed by atoms with Gasteiger partial charge in [0.1, 0.15) is 16.8 Å². The SMILES string of the molecule is COc1cc(C(C)C)ccc1-c1nc(C#N)cs1. The third-order valence-electron chi connectivity index (χ3n) is 2.74. The number of thiazole rings is 1. The Hall–Kier alpha value is -1.86. The van der Waals surface area contributed by atoms with Gasteiger partial charge in [-0.1, -0.05) is 19.9 Å². The molecule has 0 radical (unpaired) electrons. The molecule has 2 aromatic rings. The maximum Gasteiger partial charge on any atom is 0.152 e. The molecule has 2 rings (SSSR count). The summed E-state index contributed by atoms with van der Waals surface area (Å²) in [5, 5.41) is 11.4. The molecule has 0 spiro atoms. The van der Waals surface area contributed by atoms with E-state index in [0.29, 0.717) is 11.6 Å². The normalized spacial score (nSPS) is 10.4. The van der Waals surface area contributed by atoms with Crippen LogP contribution in [0.4, 0.5) is 0 Å². The predicted molar refractivity (Wildman–Crippen MR) is 72.9 cm³/mol. The molecule has 0 saturated heterocycles. The second kappa shape index (κ2) is 5.19. The molecule has 0 N–H and O–H groups in total. The number of ether oxygens (including phenoxy) is 1. The Morgan fingerprint density at radius 3 is 2.72 bits per heavy atom. The first kappa shape index (κ1) is 12.6. The van der Waals surface area contributed by atoms with Crippen molar-refractivity contribution in [3.05, 3.63) is 34.8 Å². The monoisotopic (exact) mass is 258 g/mol. The summed E-state index contributed by atoms with van der Waals surface area (Å²) in [5.41, 5.74) is 2.62. The molecule has 0 fully saturated rings. The van der Waals surface area contributed by atoms with Crippen LogP contribution >= 0.6 is 11.3 Å². The summed E-state index contributed by atoms with van der Waals surface area (Å²) < 4.78 is 5.42. The van der Waals surface area contributed by atoms with Gasteiger partial charge in [0.25, 0.3) is 0 Å². The van der Waals surface area contributed by atoms with Gasteiger partial charge in [0.15, 0.2) is 5.69 Å². The van der Waals surface area contributed by atoms with Crippen molar-refractivity contribution in [3.8, 4) is 22.4 Å². The molecule has 0 unspecified atom stereocenters. The zero-order valence-electron chi connectivity index (χ0n) is 10.6. The molecule has 3 nitrogen and oxygen atoms in total. The molecule has 0 atom stereocenters. The van der Waals surface area contributed by atoms with Gasteiger partial charge in [0, 0.05) is 5.38 Å². The van der Waals surface area contributed by atoms with Crippen LogP contribution < -0.4 is 4.74 Å². The van der Waals surface area contributed by atoms with E-state index in [1.54, 1.807) is 12.5 Å². The Kier molecular flexibility index (Phi) is 3.63. The maximum absolute atomic E-state index is 8.80. The maximum atomic E-state index is 8.80. The molecule has 0 saturated carbocycles. The first-order valence-corrected chi connectivity index (χ1v) is 6.57. The minimum Gasteiger partial charge on any atom is -0.496 e. The molecule has 0 amide bonds. The van der Waals surface area contributed by atoms with Gasteiger partial charge in [0.05, 0.1) is 12.7 Å². The van der Waals surface area contributed by atoms with Crippen LogP contribution in [0, 0.1) is 11.3 Å². The van der Waals surface area contributed by atoms with Gasteiger partial charge < -0.3 is 4.74 Å². The Balaban J connectivity index is 2.48. The highest BCUT2D eigenvalue weighted by molar-refractivity contribution is 7.13. The Labute approximate surface area is 111 Å². The van der Waals surface area contributed by atoms with Crippen LogP contribution in [0.1, 0.15) is 31.0 Å². The van der Waals surface area contributed by atoms with Crippen molar-refractivity contribution in [2.45, 2.75) is 19.8 Å². The number of methoxy groups -OCH3 is 1. The first-order valence-electron chi connectivity index (χ1n) is 5.69. The van der Waals surface area contributed by atoms with Crippen molar-refractivity contribution >= 4 is 11.3 Å². The second-order valence-corrected chi connectivity index (χ2v) is 5.12. The molecule has 0 aliphatic heterocycles. The van der Waals surface area contributed by atoms with E-state index in [4.69, 9.17) is 10.00 Å². The average molecular weight is 258 g/mol. The molecule has 1 aromatic carbocycles. The summed E-state index contributed by atoms with van der Waals surface area (Å²) in [6.45, 7) is 4.29. The van der Waals surface area contributed by atoms with Crippen molar-refractivity contribution < 1.29 is 4.74 Å². The number of hydrogen-bond acceptors (Lipinski definition) is 4. The highest BCUT2D eigenvalue weighted by Crippen LogP contribution is 2.34. The second-order valence-electron chi connectivity index (χ2n) is 4.26. The summed E-state index contributed by atoms with van der Waals surface area (Å²) in [6.07, 6.45) is 0. The number of nitriles is 1. The van der Waals surface area contributed by atoms with Crippen molar-refractivity contribution in [1.82, 2.24) is 4.98 Å². The summed E-state index contributed by atoms with van der Waals surface area (Å²) in [7, 11) is 1.65. The van der Waals surface area contributed by atoms with Crippen LogP contribution in [-0.2, 0) is 0 Å². The van der Waals surface area contributed by atoms with E-state index >= 15 is 0 Å². The summed E-state index contributed by atoms with van der Waals surface area (Å²) in [5.74, 6) is 1.26. The zero-order chi connectivity index (χ0) is 13.1. The Bertz CT molecular complexity index is 596. The molecule has 0 bridgehead atoms. The third kappa shape index (κ3) is 2.36. The molecule has 1 aromatic heterocycles. The van der Waals surface area contributed by atoms with Gasteiger partial charge in [-0.2, -0.15) is 5.26 Å². The van der Waals surface area contributed by atoms with E-state index in [1.165, 1.54) is 16.9 Å². The van der Waals surface area contributed by atoms with E-state index in [1.807, 2.05) is 18.2 Å². The molecular weight excluding hydrogens is 244 g/mol. The predicted octanol–water partition coefficient (Wildman–Crippen LogP) is 3.81. The fourth-order valence-corrected chi connectivity index (χ4v) is 2.47. The van der Waals surface area contributed by atoms with Crippen molar-refractivity contribution in [1.29, 1.82) is 5.26 Å². The van der Waals surface area contributed by atoms with E-state index in [9.17, 15) is 0 Å². The lowest BCUT2D eigenvalue weighted by Gasteiger charge is -2.11. The van der Waals surface area contributed by atoms with Crippen LogP contribution in [0.15, 0.2) is 23.6 Å². The number of benzene rings is 1. The molecule has 4 heteroatoms. The highest BCUT2D eigenvalue weighted by Gasteiger charge is 2.12. The zero-order valence-corrected chi connectivity index (χ0v) is 11.4. The Morgan fingerprint density at radius 1 is 1.39 bits per heavy atom. The van der Waals surface area contributed by atoms with Crippen LogP contribution in [0.2, 0.25) is 0 Å². The molecule has 18 heavy (non-hydrogen) atoms. The fraction of sp³-hybridized carbons (Fsp3) is 0.286. The standard InChI is InChI=1S/C14H14N2OS/c1-9(2)10-4-5-12(13(6-10)17-3)14-16-11(7-15)8-18-14/h4-6,8-9H,1-3H3. The minimum atomic E-state index is 0.449. The molecule has 0 aliphatic rings. The largest absolute Gasteiger partial charge is 0.496 e. The van der Waals surface area contributed by atoms with Crippen LogP contribution in [0.25, 0.3) is 10.6 Å². The summed E-state index contributed by atoms with van der Waals surface area (Å²) in [4.78, 5) is 4.26. The van der Waals surface area contributed by atoms with E-state index in [-0.39, 0.29) is 0 Å². The number of aromatic nitrogens is 1. The van der Waals surface area contributed by atoms with Crippen molar-refractivity contribution in [3.63, 3.8) is 0 Å². The van der Waals surface area contributed by atoms with Crippen LogP contribution in [0.3, 0.4) is 0 Å². The quantitative estimate of drug-likeness (QED) is 0.840. The van der Waals surface area contributed by atoms with Gasteiger partial charge >= 0.3 is 0 Å². The minimum absolute atomic E-state index is 0.449. The van der Waals surface area contributed by atoms with E-state index < -0.39 is 0 Å². The Morgan fingerprint density at radius 2 is 2.17 bits per heavy atom. The fourth-order valence-electron chi connectivity index (χ4n) is 1.69. The lowest BCUT2D eigenvalue weighted by atomic mass is 10.0. The van der Waals surface area contributed by atoms with Gasteiger partial charge in [-0.25, -0.2) is 4.98 Å². The number of hydrogen-bond donors (Lipinski definition) is 0. The van der Waals surface area contributed by atoms with Gasteiger partial charge in [-0.3, -0.25) is 0 Å². The number of nitrogens with zero attached hydrogens (tertiary/aromatic N) is 2. The number of rotatable bonds is 3. The summed E-state index contributed by atoms with van der Waals surface area (Å²) in [6, 6.07) is 8.17. The highest BCUT2D eigenvalue weighted by atomic mass is 32.1. The molecule has 0 aliphatic carbocycles. The molecular formula is C14H14N2OS.